The Morgan fingerprint density at radius 3 is 2.93 bits per heavy atom. The predicted octanol–water partition coefficient (Wildman–Crippen LogP) is 2.30. The van der Waals surface area contributed by atoms with Gasteiger partial charge in [-0.3, -0.25) is 0 Å². The minimum absolute atomic E-state index is 0.781. The molecular weight excluding hydrogens is 190 g/mol. The van der Waals surface area contributed by atoms with E-state index < -0.39 is 0 Å². The zero-order valence-corrected chi connectivity index (χ0v) is 8.21. The lowest BCUT2D eigenvalue weighted by molar-refractivity contribution is 0.545. The Labute approximate surface area is 86.2 Å². The van der Waals surface area contributed by atoms with E-state index in [0.29, 0.717) is 0 Å². The maximum atomic E-state index is 5.50. The molecule has 4 heteroatoms. The first kappa shape index (κ1) is 8.23. The third kappa shape index (κ3) is 1.30. The molecule has 3 aromatic heterocycles. The zero-order valence-electron chi connectivity index (χ0n) is 8.21. The lowest BCUT2D eigenvalue weighted by Gasteiger charge is -1.97. The van der Waals surface area contributed by atoms with Gasteiger partial charge in [0.05, 0.1) is 0 Å². The second kappa shape index (κ2) is 2.95. The van der Waals surface area contributed by atoms with Crippen molar-refractivity contribution in [2.24, 2.45) is 0 Å². The summed E-state index contributed by atoms with van der Waals surface area (Å²) in [5, 5.41) is 4.38. The van der Waals surface area contributed by atoms with Gasteiger partial charge in [-0.2, -0.15) is 5.10 Å². The van der Waals surface area contributed by atoms with Crippen LogP contribution in [-0.4, -0.2) is 14.6 Å². The van der Waals surface area contributed by atoms with Crippen molar-refractivity contribution in [2.45, 2.75) is 6.92 Å². The Kier molecular flexibility index (Phi) is 1.62. The number of hydrogen-bond donors (Lipinski definition) is 0. The molecule has 0 aliphatic rings. The van der Waals surface area contributed by atoms with Gasteiger partial charge in [-0.05, 0) is 31.2 Å². The highest BCUT2D eigenvalue weighted by atomic mass is 16.3. The van der Waals surface area contributed by atoms with Crippen molar-refractivity contribution in [2.75, 3.05) is 0 Å². The molecule has 0 unspecified atom stereocenters. The summed E-state index contributed by atoms with van der Waals surface area (Å²) in [5.41, 5.74) is 1.65. The molecule has 0 N–H and O–H groups in total. The highest BCUT2D eigenvalue weighted by Crippen LogP contribution is 2.19. The van der Waals surface area contributed by atoms with Crippen molar-refractivity contribution in [3.05, 3.63) is 42.4 Å². The average Bonchev–Trinajstić information content (AvgIpc) is 2.84. The van der Waals surface area contributed by atoms with Crippen LogP contribution in [-0.2, 0) is 0 Å². The fourth-order valence-corrected chi connectivity index (χ4v) is 1.52. The second-order valence-corrected chi connectivity index (χ2v) is 3.36. The quantitative estimate of drug-likeness (QED) is 0.604. The maximum Gasteiger partial charge on any atom is 0.154 e. The molecule has 3 rings (SSSR count). The van der Waals surface area contributed by atoms with Gasteiger partial charge >= 0.3 is 0 Å². The molecule has 0 spiro atoms. The summed E-state index contributed by atoms with van der Waals surface area (Å²) in [5.74, 6) is 1.67. The van der Waals surface area contributed by atoms with Crippen LogP contribution < -0.4 is 0 Å². The maximum absolute atomic E-state index is 5.50. The number of imidazole rings is 1. The van der Waals surface area contributed by atoms with Gasteiger partial charge in [0.2, 0.25) is 0 Å². The third-order valence-electron chi connectivity index (χ3n) is 2.25. The van der Waals surface area contributed by atoms with Crippen LogP contribution in [0.2, 0.25) is 0 Å². The lowest BCUT2D eigenvalue weighted by atomic mass is 10.3. The molecule has 0 saturated carbocycles. The number of rotatable bonds is 1. The molecule has 74 valence electrons. The molecule has 0 radical (unpaired) electrons. The van der Waals surface area contributed by atoms with Gasteiger partial charge in [-0.1, -0.05) is 0 Å². The van der Waals surface area contributed by atoms with Crippen molar-refractivity contribution in [3.8, 4) is 11.5 Å². The van der Waals surface area contributed by atoms with Crippen LogP contribution in [0.15, 0.2) is 41.1 Å². The van der Waals surface area contributed by atoms with Crippen LogP contribution in [0.3, 0.4) is 0 Å². The smallest absolute Gasteiger partial charge is 0.154 e. The van der Waals surface area contributed by atoms with E-state index in [4.69, 9.17) is 4.42 Å². The molecule has 3 heterocycles. The van der Waals surface area contributed by atoms with E-state index in [1.54, 1.807) is 10.7 Å². The van der Waals surface area contributed by atoms with Crippen molar-refractivity contribution < 1.29 is 4.42 Å². The van der Waals surface area contributed by atoms with Crippen molar-refractivity contribution in [1.82, 2.24) is 14.6 Å². The molecule has 0 amide bonds. The standard InChI is InChI=1S/C11H9N3O/c1-8-2-4-10(15-8)9-3-5-11-12-6-7-14(11)13-9/h2-7H,1H3. The predicted molar refractivity (Wildman–Crippen MR) is 55.4 cm³/mol. The summed E-state index contributed by atoms with van der Waals surface area (Å²) in [6.45, 7) is 1.92. The van der Waals surface area contributed by atoms with Gasteiger partial charge in [0.15, 0.2) is 11.4 Å². The Bertz CT molecular complexity index is 609. The van der Waals surface area contributed by atoms with Gasteiger partial charge in [0.25, 0.3) is 0 Å². The SMILES string of the molecule is Cc1ccc(-c2ccc3nccn3n2)o1. The number of aryl methyl sites for hydroxylation is 1. The van der Waals surface area contributed by atoms with E-state index in [9.17, 15) is 0 Å². The first-order valence-electron chi connectivity index (χ1n) is 4.70. The van der Waals surface area contributed by atoms with Gasteiger partial charge in [-0.15, -0.1) is 0 Å². The molecular formula is C11H9N3O. The van der Waals surface area contributed by atoms with E-state index in [-0.39, 0.29) is 0 Å². The van der Waals surface area contributed by atoms with Gasteiger partial charge in [0, 0.05) is 12.4 Å². The van der Waals surface area contributed by atoms with E-state index in [0.717, 1.165) is 22.9 Å². The molecule has 0 saturated heterocycles. The van der Waals surface area contributed by atoms with Gasteiger partial charge in [0.1, 0.15) is 11.5 Å². The van der Waals surface area contributed by atoms with E-state index in [2.05, 4.69) is 10.1 Å². The largest absolute Gasteiger partial charge is 0.460 e. The molecule has 0 aromatic carbocycles. The Hall–Kier alpha value is -2.10. The molecule has 0 bridgehead atoms. The van der Waals surface area contributed by atoms with Crippen LogP contribution in [0.4, 0.5) is 0 Å². The lowest BCUT2D eigenvalue weighted by Crippen LogP contribution is -1.91. The summed E-state index contributed by atoms with van der Waals surface area (Å²) in [4.78, 5) is 4.13. The van der Waals surface area contributed by atoms with Crippen molar-refractivity contribution >= 4 is 5.65 Å². The number of furan rings is 1. The second-order valence-electron chi connectivity index (χ2n) is 3.36. The third-order valence-corrected chi connectivity index (χ3v) is 2.25. The zero-order chi connectivity index (χ0) is 10.3. The molecule has 0 aliphatic heterocycles. The Balaban J connectivity index is 2.18. The molecule has 4 nitrogen and oxygen atoms in total. The van der Waals surface area contributed by atoms with Crippen molar-refractivity contribution in [1.29, 1.82) is 0 Å². The van der Waals surface area contributed by atoms with E-state index in [1.165, 1.54) is 0 Å². The minimum Gasteiger partial charge on any atom is -0.460 e. The molecule has 0 fully saturated rings. The highest BCUT2D eigenvalue weighted by Gasteiger charge is 2.05. The van der Waals surface area contributed by atoms with Gasteiger partial charge < -0.3 is 4.42 Å². The first-order chi connectivity index (χ1) is 7.33. The van der Waals surface area contributed by atoms with Crippen molar-refractivity contribution in [3.63, 3.8) is 0 Å². The summed E-state index contributed by atoms with van der Waals surface area (Å²) >= 11 is 0. The van der Waals surface area contributed by atoms with Gasteiger partial charge in [-0.25, -0.2) is 9.50 Å². The highest BCUT2D eigenvalue weighted by molar-refractivity contribution is 5.54. The number of nitrogens with zero attached hydrogens (tertiary/aromatic N) is 3. The Morgan fingerprint density at radius 2 is 2.13 bits per heavy atom. The summed E-state index contributed by atoms with van der Waals surface area (Å²) < 4.78 is 7.23. The molecule has 3 aromatic rings. The fraction of sp³-hybridized carbons (Fsp3) is 0.0909. The van der Waals surface area contributed by atoms with Crippen LogP contribution in [0, 0.1) is 6.92 Å². The van der Waals surface area contributed by atoms with Crippen LogP contribution in [0.1, 0.15) is 5.76 Å². The normalized spacial score (nSPS) is 11.0. The molecule has 0 aliphatic carbocycles. The summed E-state index contributed by atoms with van der Waals surface area (Å²) in [7, 11) is 0. The fourth-order valence-electron chi connectivity index (χ4n) is 1.52. The minimum atomic E-state index is 0.781. The molecule has 0 atom stereocenters. The van der Waals surface area contributed by atoms with Crippen LogP contribution in [0.5, 0.6) is 0 Å². The average molecular weight is 199 g/mol. The first-order valence-corrected chi connectivity index (χ1v) is 4.70. The van der Waals surface area contributed by atoms with Crippen LogP contribution >= 0.6 is 0 Å². The summed E-state index contributed by atoms with van der Waals surface area (Å²) in [6.07, 6.45) is 3.54. The monoisotopic (exact) mass is 199 g/mol. The van der Waals surface area contributed by atoms with Crippen LogP contribution in [0.25, 0.3) is 17.1 Å². The summed E-state index contributed by atoms with van der Waals surface area (Å²) in [6, 6.07) is 7.66. The number of fused-ring (bicyclic) bond motifs is 1. The number of hydrogen-bond acceptors (Lipinski definition) is 3. The van der Waals surface area contributed by atoms with E-state index in [1.807, 2.05) is 37.4 Å². The Morgan fingerprint density at radius 1 is 1.20 bits per heavy atom. The number of aromatic nitrogens is 3. The topological polar surface area (TPSA) is 43.3 Å². The molecule has 15 heavy (non-hydrogen) atoms. The van der Waals surface area contributed by atoms with E-state index >= 15 is 0 Å².